The summed E-state index contributed by atoms with van der Waals surface area (Å²) in [7, 11) is -0.570. The summed E-state index contributed by atoms with van der Waals surface area (Å²) in [6, 6.07) is 12.6. The fourth-order valence-electron chi connectivity index (χ4n) is 3.25. The van der Waals surface area contributed by atoms with Gasteiger partial charge in [0.15, 0.2) is 0 Å². The van der Waals surface area contributed by atoms with Gasteiger partial charge in [-0.2, -0.15) is 0 Å². The molecule has 2 aromatic heterocycles. The van der Waals surface area contributed by atoms with E-state index < -0.39 is 9.84 Å². The van der Waals surface area contributed by atoms with Gasteiger partial charge in [0.05, 0.1) is 42.3 Å². The molecular weight excluding hydrogens is 450 g/mol. The summed E-state index contributed by atoms with van der Waals surface area (Å²) in [4.78, 5) is 19.5. The zero-order chi connectivity index (χ0) is 23.0. The number of benzene rings is 1. The summed E-state index contributed by atoms with van der Waals surface area (Å²) >= 11 is 1.36. The molecule has 0 spiro atoms. The summed E-state index contributed by atoms with van der Waals surface area (Å²) in [5, 5.41) is 1.82. The number of hydrogen-bond acceptors (Lipinski definition) is 7. The number of carbonyl (C=O) groups excluding carboxylic acids is 1. The second kappa shape index (κ2) is 11.4. The van der Waals surface area contributed by atoms with Gasteiger partial charge in [0.25, 0.3) is 5.91 Å². The third kappa shape index (κ3) is 6.04. The molecule has 0 saturated heterocycles. The van der Waals surface area contributed by atoms with E-state index in [1.807, 2.05) is 17.5 Å². The van der Waals surface area contributed by atoms with Gasteiger partial charge in [0, 0.05) is 27.3 Å². The molecule has 1 amide bonds. The number of sulfone groups is 1. The van der Waals surface area contributed by atoms with E-state index in [4.69, 9.17) is 9.47 Å². The van der Waals surface area contributed by atoms with Gasteiger partial charge in [0.2, 0.25) is 15.0 Å². The van der Waals surface area contributed by atoms with Crippen molar-refractivity contribution in [3.63, 3.8) is 0 Å². The van der Waals surface area contributed by atoms with E-state index in [0.29, 0.717) is 42.4 Å². The molecule has 1 aromatic carbocycles. The predicted octanol–water partition coefficient (Wildman–Crippen LogP) is 2.85. The summed E-state index contributed by atoms with van der Waals surface area (Å²) in [5.74, 6) is -0.288. The van der Waals surface area contributed by atoms with Gasteiger partial charge in [0.1, 0.15) is 0 Å². The molecule has 3 rings (SSSR count). The number of ether oxygens (including phenoxy) is 2. The molecule has 0 atom stereocenters. The fourth-order valence-corrected chi connectivity index (χ4v) is 5.46. The molecular formula is C22H27N3O5S2. The van der Waals surface area contributed by atoms with Crippen LogP contribution < -0.4 is 0 Å². The van der Waals surface area contributed by atoms with Crippen LogP contribution in [-0.4, -0.2) is 62.8 Å². The van der Waals surface area contributed by atoms with Crippen molar-refractivity contribution in [3.8, 4) is 0 Å². The Morgan fingerprint density at radius 2 is 1.84 bits per heavy atom. The Kier molecular flexibility index (Phi) is 8.57. The largest absolute Gasteiger partial charge is 0.383 e. The first kappa shape index (κ1) is 24.1. The van der Waals surface area contributed by atoms with Crippen LogP contribution >= 0.6 is 11.3 Å². The standard InChI is InChI=1S/C22H27N3O5S2/c1-29-12-10-24(21(26)20-9-6-14-31-20)16-19-15-23-22(25(19)11-13-30-2)32(27,28)17-18-7-4-3-5-8-18/h3-9,14-15H,10-13,16-17H2,1-2H3. The maximum Gasteiger partial charge on any atom is 0.264 e. The highest BCUT2D eigenvalue weighted by molar-refractivity contribution is 7.90. The predicted molar refractivity (Wildman–Crippen MR) is 122 cm³/mol. The van der Waals surface area contributed by atoms with Gasteiger partial charge in [-0.15, -0.1) is 11.3 Å². The van der Waals surface area contributed by atoms with Gasteiger partial charge < -0.3 is 18.9 Å². The zero-order valence-corrected chi connectivity index (χ0v) is 19.8. The van der Waals surface area contributed by atoms with Crippen molar-refractivity contribution in [3.05, 3.63) is 70.2 Å². The average molecular weight is 478 g/mol. The first-order valence-corrected chi connectivity index (χ1v) is 12.6. The highest BCUT2D eigenvalue weighted by atomic mass is 32.2. The number of hydrogen-bond donors (Lipinski definition) is 0. The molecule has 32 heavy (non-hydrogen) atoms. The molecule has 3 aromatic rings. The third-order valence-electron chi connectivity index (χ3n) is 4.84. The van der Waals surface area contributed by atoms with E-state index in [2.05, 4.69) is 4.98 Å². The lowest BCUT2D eigenvalue weighted by Crippen LogP contribution is -2.34. The van der Waals surface area contributed by atoms with Crippen LogP contribution in [0.2, 0.25) is 0 Å². The summed E-state index contributed by atoms with van der Waals surface area (Å²) in [6.07, 6.45) is 1.52. The Labute approximate surface area is 192 Å². The van der Waals surface area contributed by atoms with Crippen molar-refractivity contribution < 1.29 is 22.7 Å². The molecule has 0 bridgehead atoms. The molecule has 10 heteroatoms. The van der Waals surface area contributed by atoms with Crippen LogP contribution in [0.5, 0.6) is 0 Å². The van der Waals surface area contributed by atoms with E-state index in [9.17, 15) is 13.2 Å². The molecule has 0 radical (unpaired) electrons. The number of carbonyl (C=O) groups is 1. The van der Waals surface area contributed by atoms with Crippen molar-refractivity contribution in [2.45, 2.75) is 24.0 Å². The van der Waals surface area contributed by atoms with E-state index in [1.165, 1.54) is 17.5 Å². The molecule has 0 fully saturated rings. The molecule has 0 unspecified atom stereocenters. The molecule has 0 N–H and O–H groups in total. The minimum absolute atomic E-state index is 0.0244. The van der Waals surface area contributed by atoms with E-state index in [1.54, 1.807) is 54.0 Å². The molecule has 0 aliphatic carbocycles. The van der Waals surface area contributed by atoms with Gasteiger partial charge in [-0.1, -0.05) is 36.4 Å². The maximum absolute atomic E-state index is 13.2. The lowest BCUT2D eigenvalue weighted by molar-refractivity contribution is 0.0679. The quantitative estimate of drug-likeness (QED) is 0.398. The van der Waals surface area contributed by atoms with E-state index >= 15 is 0 Å². The van der Waals surface area contributed by atoms with Crippen molar-refractivity contribution in [2.24, 2.45) is 0 Å². The topological polar surface area (TPSA) is 90.7 Å². The molecule has 0 saturated carbocycles. The van der Waals surface area contributed by atoms with Crippen molar-refractivity contribution >= 4 is 27.1 Å². The monoisotopic (exact) mass is 477 g/mol. The minimum Gasteiger partial charge on any atom is -0.383 e. The van der Waals surface area contributed by atoms with Crippen LogP contribution in [0.1, 0.15) is 20.9 Å². The third-order valence-corrected chi connectivity index (χ3v) is 7.29. The van der Waals surface area contributed by atoms with Gasteiger partial charge in [-0.25, -0.2) is 13.4 Å². The Morgan fingerprint density at radius 1 is 1.09 bits per heavy atom. The number of thiophene rings is 1. The van der Waals surface area contributed by atoms with Gasteiger partial charge in [-0.3, -0.25) is 4.79 Å². The lowest BCUT2D eigenvalue weighted by atomic mass is 10.2. The Morgan fingerprint density at radius 3 is 2.50 bits per heavy atom. The fraction of sp³-hybridized carbons (Fsp3) is 0.364. The smallest absolute Gasteiger partial charge is 0.264 e. The first-order valence-electron chi connectivity index (χ1n) is 10.1. The number of rotatable bonds is 12. The highest BCUT2D eigenvalue weighted by Crippen LogP contribution is 2.20. The van der Waals surface area contributed by atoms with Crippen LogP contribution in [-0.2, 0) is 38.2 Å². The number of aromatic nitrogens is 2. The molecule has 2 heterocycles. The molecule has 8 nitrogen and oxygen atoms in total. The number of imidazole rings is 1. The minimum atomic E-state index is -3.70. The Bertz CT molecular complexity index is 1100. The van der Waals surface area contributed by atoms with Crippen molar-refractivity contribution in [1.29, 1.82) is 0 Å². The van der Waals surface area contributed by atoms with Crippen LogP contribution in [0.15, 0.2) is 59.2 Å². The second-order valence-electron chi connectivity index (χ2n) is 7.12. The SMILES string of the molecule is COCCN(Cc1cnc(S(=O)(=O)Cc2ccccc2)n1CCOC)C(=O)c1cccs1. The van der Waals surface area contributed by atoms with Crippen molar-refractivity contribution in [1.82, 2.24) is 14.5 Å². The highest BCUT2D eigenvalue weighted by Gasteiger charge is 2.26. The second-order valence-corrected chi connectivity index (χ2v) is 9.95. The van der Waals surface area contributed by atoms with Crippen LogP contribution in [0.4, 0.5) is 0 Å². The number of nitrogens with zero attached hydrogens (tertiary/aromatic N) is 3. The van der Waals surface area contributed by atoms with E-state index in [-0.39, 0.29) is 23.4 Å². The summed E-state index contributed by atoms with van der Waals surface area (Å²) in [5.41, 5.74) is 1.31. The number of amides is 1. The average Bonchev–Trinajstić information content (AvgIpc) is 3.45. The molecule has 172 valence electrons. The number of methoxy groups -OCH3 is 2. The van der Waals surface area contributed by atoms with Gasteiger partial charge >= 0.3 is 0 Å². The van der Waals surface area contributed by atoms with Crippen LogP contribution in [0.25, 0.3) is 0 Å². The van der Waals surface area contributed by atoms with Crippen molar-refractivity contribution in [2.75, 3.05) is 34.0 Å². The van der Waals surface area contributed by atoms with E-state index in [0.717, 1.165) is 0 Å². The van der Waals surface area contributed by atoms with Gasteiger partial charge in [-0.05, 0) is 17.0 Å². The lowest BCUT2D eigenvalue weighted by Gasteiger charge is -2.23. The Balaban J connectivity index is 1.91. The van der Waals surface area contributed by atoms with Crippen LogP contribution in [0.3, 0.4) is 0 Å². The zero-order valence-electron chi connectivity index (χ0n) is 18.1. The normalized spacial score (nSPS) is 11.6. The summed E-state index contributed by atoms with van der Waals surface area (Å²) in [6.45, 7) is 1.56. The Hall–Kier alpha value is -2.53. The maximum atomic E-state index is 13.2. The first-order chi connectivity index (χ1) is 15.5. The molecule has 0 aliphatic heterocycles. The molecule has 0 aliphatic rings. The van der Waals surface area contributed by atoms with Crippen LogP contribution in [0, 0.1) is 0 Å². The summed E-state index contributed by atoms with van der Waals surface area (Å²) < 4.78 is 38.3.